The first-order chi connectivity index (χ1) is 8.11. The molecule has 0 bridgehead atoms. The van der Waals surface area contributed by atoms with Crippen LogP contribution in [-0.4, -0.2) is 17.4 Å². The summed E-state index contributed by atoms with van der Waals surface area (Å²) in [6.07, 6.45) is 1.16. The van der Waals surface area contributed by atoms with Gasteiger partial charge in [-0.05, 0) is 35.9 Å². The molecule has 17 heavy (non-hydrogen) atoms. The van der Waals surface area contributed by atoms with E-state index in [1.54, 1.807) is 23.9 Å². The van der Waals surface area contributed by atoms with Gasteiger partial charge in [-0.25, -0.2) is 0 Å². The third kappa shape index (κ3) is 5.63. The molecule has 0 spiro atoms. The smallest absolute Gasteiger partial charge is 0.234 e. The SMILES string of the molecule is CCC(C)CSCC(=O)Nc1ccc(N)cc1. The first-order valence-corrected chi connectivity index (χ1v) is 7.00. The molecule has 0 saturated heterocycles. The van der Waals surface area contributed by atoms with Crippen LogP contribution in [0, 0.1) is 5.92 Å². The first-order valence-electron chi connectivity index (χ1n) is 5.85. The fourth-order valence-electron chi connectivity index (χ4n) is 1.23. The molecule has 0 aliphatic carbocycles. The average molecular weight is 252 g/mol. The van der Waals surface area contributed by atoms with E-state index >= 15 is 0 Å². The van der Waals surface area contributed by atoms with Gasteiger partial charge < -0.3 is 11.1 Å². The maximum Gasteiger partial charge on any atom is 0.234 e. The Bertz CT molecular complexity index is 351. The predicted octanol–water partition coefficient (Wildman–Crippen LogP) is 2.99. The lowest BCUT2D eigenvalue weighted by Gasteiger charge is -2.08. The molecule has 0 aliphatic heterocycles. The third-order valence-electron chi connectivity index (χ3n) is 2.53. The fourth-order valence-corrected chi connectivity index (χ4v) is 2.25. The molecule has 0 heterocycles. The minimum Gasteiger partial charge on any atom is -0.399 e. The summed E-state index contributed by atoms with van der Waals surface area (Å²) in [7, 11) is 0. The van der Waals surface area contributed by atoms with Crippen LogP contribution >= 0.6 is 11.8 Å². The highest BCUT2D eigenvalue weighted by atomic mass is 32.2. The van der Waals surface area contributed by atoms with Crippen molar-refractivity contribution in [2.24, 2.45) is 5.92 Å². The zero-order valence-electron chi connectivity index (χ0n) is 10.4. The summed E-state index contributed by atoms with van der Waals surface area (Å²) in [5.41, 5.74) is 7.07. The molecular weight excluding hydrogens is 232 g/mol. The van der Waals surface area contributed by atoms with Crippen LogP contribution in [0.15, 0.2) is 24.3 Å². The standard InChI is InChI=1S/C13H20N2OS/c1-3-10(2)8-17-9-13(16)15-12-6-4-11(14)5-7-12/h4-7,10H,3,8-9,14H2,1-2H3,(H,15,16). The number of anilines is 2. The van der Waals surface area contributed by atoms with Crippen molar-refractivity contribution in [2.75, 3.05) is 22.6 Å². The van der Waals surface area contributed by atoms with E-state index in [0.717, 1.165) is 17.9 Å². The van der Waals surface area contributed by atoms with Gasteiger partial charge in [0.2, 0.25) is 5.91 Å². The van der Waals surface area contributed by atoms with E-state index in [0.29, 0.717) is 17.4 Å². The van der Waals surface area contributed by atoms with Gasteiger partial charge in [-0.15, -0.1) is 0 Å². The van der Waals surface area contributed by atoms with E-state index in [1.165, 1.54) is 0 Å². The summed E-state index contributed by atoms with van der Waals surface area (Å²) in [5.74, 6) is 2.26. The Balaban J connectivity index is 2.27. The van der Waals surface area contributed by atoms with E-state index in [1.807, 2.05) is 12.1 Å². The Kier molecular flexibility index (Phi) is 5.91. The Labute approximate surface area is 107 Å². The third-order valence-corrected chi connectivity index (χ3v) is 3.80. The summed E-state index contributed by atoms with van der Waals surface area (Å²) in [6, 6.07) is 7.18. The van der Waals surface area contributed by atoms with Gasteiger partial charge in [0, 0.05) is 11.4 Å². The van der Waals surface area contributed by atoms with Crippen LogP contribution in [-0.2, 0) is 4.79 Å². The first kappa shape index (κ1) is 13.9. The van der Waals surface area contributed by atoms with Crippen molar-refractivity contribution in [1.82, 2.24) is 0 Å². The minimum atomic E-state index is 0.0445. The molecule has 1 atom stereocenters. The predicted molar refractivity (Wildman–Crippen MR) is 76.3 cm³/mol. The normalized spacial score (nSPS) is 12.1. The van der Waals surface area contributed by atoms with Crippen molar-refractivity contribution in [1.29, 1.82) is 0 Å². The second kappa shape index (κ2) is 7.22. The molecule has 4 heteroatoms. The van der Waals surface area contributed by atoms with E-state index in [4.69, 9.17) is 5.73 Å². The summed E-state index contributed by atoms with van der Waals surface area (Å²) < 4.78 is 0. The van der Waals surface area contributed by atoms with Gasteiger partial charge in [0.1, 0.15) is 0 Å². The number of hydrogen-bond donors (Lipinski definition) is 2. The van der Waals surface area contributed by atoms with E-state index in [-0.39, 0.29) is 5.91 Å². The summed E-state index contributed by atoms with van der Waals surface area (Å²) in [5, 5.41) is 2.85. The largest absolute Gasteiger partial charge is 0.399 e. The lowest BCUT2D eigenvalue weighted by atomic mass is 10.2. The van der Waals surface area contributed by atoms with Gasteiger partial charge >= 0.3 is 0 Å². The number of nitrogen functional groups attached to an aromatic ring is 1. The van der Waals surface area contributed by atoms with E-state index in [2.05, 4.69) is 19.2 Å². The lowest BCUT2D eigenvalue weighted by Crippen LogP contribution is -2.15. The van der Waals surface area contributed by atoms with Crippen molar-refractivity contribution in [3.8, 4) is 0 Å². The van der Waals surface area contributed by atoms with Gasteiger partial charge in [-0.2, -0.15) is 11.8 Å². The summed E-state index contributed by atoms with van der Waals surface area (Å²) >= 11 is 1.68. The number of thioether (sulfide) groups is 1. The number of carbonyl (C=O) groups excluding carboxylic acids is 1. The molecule has 0 radical (unpaired) electrons. The van der Waals surface area contributed by atoms with E-state index < -0.39 is 0 Å². The second-order valence-corrected chi connectivity index (χ2v) is 5.23. The zero-order chi connectivity index (χ0) is 12.7. The van der Waals surface area contributed by atoms with Crippen LogP contribution in [0.4, 0.5) is 11.4 Å². The maximum absolute atomic E-state index is 11.6. The van der Waals surface area contributed by atoms with Crippen molar-refractivity contribution in [3.63, 3.8) is 0 Å². The molecule has 1 unspecified atom stereocenters. The van der Waals surface area contributed by atoms with Crippen molar-refractivity contribution >= 4 is 29.0 Å². The molecule has 3 N–H and O–H groups in total. The molecule has 94 valence electrons. The van der Waals surface area contributed by atoms with Gasteiger partial charge in [0.05, 0.1) is 5.75 Å². The Hall–Kier alpha value is -1.16. The Morgan fingerprint density at radius 3 is 2.65 bits per heavy atom. The Morgan fingerprint density at radius 1 is 1.41 bits per heavy atom. The summed E-state index contributed by atoms with van der Waals surface area (Å²) in [6.45, 7) is 4.37. The molecule has 1 aromatic carbocycles. The summed E-state index contributed by atoms with van der Waals surface area (Å²) in [4.78, 5) is 11.6. The molecule has 0 aliphatic rings. The highest BCUT2D eigenvalue weighted by Gasteiger charge is 2.04. The van der Waals surface area contributed by atoms with Crippen LogP contribution in [0.3, 0.4) is 0 Å². The quantitative estimate of drug-likeness (QED) is 0.765. The highest BCUT2D eigenvalue weighted by Crippen LogP contribution is 2.13. The monoisotopic (exact) mass is 252 g/mol. The number of hydrogen-bond acceptors (Lipinski definition) is 3. The maximum atomic E-state index is 11.6. The molecule has 1 amide bonds. The number of amides is 1. The van der Waals surface area contributed by atoms with E-state index in [9.17, 15) is 4.79 Å². The van der Waals surface area contributed by atoms with Crippen molar-refractivity contribution in [2.45, 2.75) is 20.3 Å². The molecule has 1 rings (SSSR count). The second-order valence-electron chi connectivity index (χ2n) is 4.20. The highest BCUT2D eigenvalue weighted by molar-refractivity contribution is 7.99. The molecule has 0 saturated carbocycles. The lowest BCUT2D eigenvalue weighted by molar-refractivity contribution is -0.113. The number of nitrogens with one attached hydrogen (secondary N) is 1. The number of carbonyl (C=O) groups is 1. The van der Waals surface area contributed by atoms with Gasteiger partial charge in [0.15, 0.2) is 0 Å². The van der Waals surface area contributed by atoms with Gasteiger partial charge in [0.25, 0.3) is 0 Å². The van der Waals surface area contributed by atoms with Gasteiger partial charge in [-0.1, -0.05) is 20.3 Å². The van der Waals surface area contributed by atoms with Crippen LogP contribution in [0.1, 0.15) is 20.3 Å². The Morgan fingerprint density at radius 2 is 2.06 bits per heavy atom. The minimum absolute atomic E-state index is 0.0445. The van der Waals surface area contributed by atoms with Crippen LogP contribution < -0.4 is 11.1 Å². The number of benzene rings is 1. The number of rotatable bonds is 6. The van der Waals surface area contributed by atoms with Crippen molar-refractivity contribution in [3.05, 3.63) is 24.3 Å². The van der Waals surface area contributed by atoms with Gasteiger partial charge in [-0.3, -0.25) is 4.79 Å². The molecular formula is C13H20N2OS. The average Bonchev–Trinajstić information content (AvgIpc) is 2.32. The molecule has 3 nitrogen and oxygen atoms in total. The molecule has 0 aromatic heterocycles. The topological polar surface area (TPSA) is 55.1 Å². The zero-order valence-corrected chi connectivity index (χ0v) is 11.2. The molecule has 0 fully saturated rings. The van der Waals surface area contributed by atoms with Crippen LogP contribution in [0.2, 0.25) is 0 Å². The van der Waals surface area contributed by atoms with Crippen LogP contribution in [0.5, 0.6) is 0 Å². The van der Waals surface area contributed by atoms with Crippen molar-refractivity contribution < 1.29 is 4.79 Å². The fraction of sp³-hybridized carbons (Fsp3) is 0.462. The number of nitrogens with two attached hydrogens (primary N) is 1. The molecule has 1 aromatic rings. The van der Waals surface area contributed by atoms with Crippen LogP contribution in [0.25, 0.3) is 0 Å².